The maximum absolute atomic E-state index is 6.69. The van der Waals surface area contributed by atoms with Gasteiger partial charge in [0, 0.05) is 5.57 Å². The predicted octanol–water partition coefficient (Wildman–Crippen LogP) is 4.39. The molecule has 0 spiro atoms. The molecule has 0 amide bonds. The topological polar surface area (TPSA) is 30.7 Å². The summed E-state index contributed by atoms with van der Waals surface area (Å²) in [4.78, 5) is 4.00. The molecule has 2 aromatic carbocycles. The molecule has 0 aliphatic heterocycles. The number of allylic oxidation sites excluding steroid dienone is 1. The molecule has 22 heavy (non-hydrogen) atoms. The fourth-order valence-electron chi connectivity index (χ4n) is 2.28. The molecule has 3 aromatic rings. The van der Waals surface area contributed by atoms with Crippen molar-refractivity contribution < 1.29 is 0 Å². The second kappa shape index (κ2) is 6.58. The van der Waals surface area contributed by atoms with Crippen molar-refractivity contribution in [1.29, 1.82) is 0 Å². The fourth-order valence-corrected chi connectivity index (χ4v) is 2.57. The van der Waals surface area contributed by atoms with Gasteiger partial charge < -0.3 is 0 Å². The molecule has 3 rings (SSSR count). The minimum atomic E-state index is 0.580. The van der Waals surface area contributed by atoms with Crippen LogP contribution < -0.4 is 0 Å². The van der Waals surface area contributed by atoms with Gasteiger partial charge in [-0.3, -0.25) is 0 Å². The highest BCUT2D eigenvalue weighted by atomic mass is 35.5. The molecule has 0 atom stereocenters. The molecule has 0 N–H and O–H groups in total. The maximum Gasteiger partial charge on any atom is 0.137 e. The molecule has 0 aliphatic carbocycles. The Kier molecular flexibility index (Phi) is 4.35. The van der Waals surface area contributed by atoms with E-state index in [1.165, 1.54) is 11.9 Å². The van der Waals surface area contributed by atoms with Crippen molar-refractivity contribution >= 4 is 22.2 Å². The van der Waals surface area contributed by atoms with Gasteiger partial charge in [-0.05, 0) is 18.1 Å². The first kappa shape index (κ1) is 14.5. The van der Waals surface area contributed by atoms with E-state index in [0.29, 0.717) is 6.54 Å². The maximum atomic E-state index is 6.69. The van der Waals surface area contributed by atoms with Gasteiger partial charge in [0.05, 0.1) is 11.6 Å². The second-order valence-corrected chi connectivity index (χ2v) is 5.50. The number of hydrogen-bond acceptors (Lipinski definition) is 2. The number of halogens is 1. The van der Waals surface area contributed by atoms with Crippen LogP contribution in [0.5, 0.6) is 0 Å². The summed E-state index contributed by atoms with van der Waals surface area (Å²) < 4.78 is 1.78. The van der Waals surface area contributed by atoms with E-state index in [2.05, 4.69) is 41.3 Å². The van der Waals surface area contributed by atoms with Crippen LogP contribution in [0.1, 0.15) is 16.7 Å². The zero-order valence-corrected chi connectivity index (χ0v) is 13.0. The Balaban J connectivity index is 2.07. The molecule has 1 aromatic heterocycles. The molecular weight excluding hydrogens is 294 g/mol. The Labute approximate surface area is 134 Å². The van der Waals surface area contributed by atoms with E-state index in [1.807, 2.05) is 30.3 Å². The molecule has 0 saturated heterocycles. The van der Waals surface area contributed by atoms with E-state index in [9.17, 15) is 0 Å². The number of nitrogens with zero attached hydrogens (tertiary/aromatic N) is 3. The average Bonchev–Trinajstić information content (AvgIpc) is 3.07. The number of hydrogen-bond donors (Lipinski definition) is 0. The van der Waals surface area contributed by atoms with E-state index in [4.69, 9.17) is 11.6 Å². The Bertz CT molecular complexity index is 760. The summed E-state index contributed by atoms with van der Waals surface area (Å²) in [6, 6.07) is 18.4. The highest BCUT2D eigenvalue weighted by Gasteiger charge is 2.11. The quantitative estimate of drug-likeness (QED) is 0.669. The van der Waals surface area contributed by atoms with Crippen LogP contribution in [-0.2, 0) is 6.54 Å². The lowest BCUT2D eigenvalue weighted by Gasteiger charge is -2.12. The van der Waals surface area contributed by atoms with Crippen molar-refractivity contribution in [3.8, 4) is 0 Å². The van der Waals surface area contributed by atoms with Gasteiger partial charge >= 0.3 is 0 Å². The van der Waals surface area contributed by atoms with Crippen LogP contribution >= 0.6 is 11.6 Å². The van der Waals surface area contributed by atoms with Crippen LogP contribution in [0.25, 0.3) is 10.6 Å². The van der Waals surface area contributed by atoms with Gasteiger partial charge in [0.2, 0.25) is 0 Å². The first-order chi connectivity index (χ1) is 10.7. The number of rotatable bonds is 4. The highest BCUT2D eigenvalue weighted by molar-refractivity contribution is 6.52. The average molecular weight is 310 g/mol. The highest BCUT2D eigenvalue weighted by Crippen LogP contribution is 2.30. The molecule has 0 bridgehead atoms. The minimum Gasteiger partial charge on any atom is -0.248 e. The summed E-state index contributed by atoms with van der Waals surface area (Å²) in [7, 11) is 0. The Morgan fingerprint density at radius 1 is 1.00 bits per heavy atom. The van der Waals surface area contributed by atoms with Crippen molar-refractivity contribution in [2.24, 2.45) is 0 Å². The molecule has 0 aliphatic rings. The third-order valence-corrected chi connectivity index (χ3v) is 3.93. The lowest BCUT2D eigenvalue weighted by molar-refractivity contribution is 0.711. The molecule has 110 valence electrons. The Hall–Kier alpha value is -2.39. The number of aromatic nitrogens is 3. The third kappa shape index (κ3) is 3.26. The van der Waals surface area contributed by atoms with Crippen molar-refractivity contribution in [3.05, 3.63) is 83.9 Å². The van der Waals surface area contributed by atoms with Crippen molar-refractivity contribution in [1.82, 2.24) is 14.8 Å². The van der Waals surface area contributed by atoms with Gasteiger partial charge in [0.1, 0.15) is 12.7 Å². The largest absolute Gasteiger partial charge is 0.248 e. The summed E-state index contributed by atoms with van der Waals surface area (Å²) >= 11 is 6.69. The van der Waals surface area contributed by atoms with Crippen LogP contribution in [0, 0.1) is 6.92 Å². The molecular formula is C18H16ClN3. The van der Waals surface area contributed by atoms with Crippen molar-refractivity contribution in [3.63, 3.8) is 0 Å². The summed E-state index contributed by atoms with van der Waals surface area (Å²) in [6.07, 6.45) is 3.23. The van der Waals surface area contributed by atoms with Gasteiger partial charge in [-0.25, -0.2) is 9.67 Å². The summed E-state index contributed by atoms with van der Waals surface area (Å²) in [6.45, 7) is 2.64. The number of aryl methyl sites for hydroxylation is 1. The molecule has 3 nitrogen and oxygen atoms in total. The first-order valence-corrected chi connectivity index (χ1v) is 7.45. The lowest BCUT2D eigenvalue weighted by atomic mass is 10.0. The molecule has 0 saturated carbocycles. The van der Waals surface area contributed by atoms with E-state index >= 15 is 0 Å². The Morgan fingerprint density at radius 3 is 2.36 bits per heavy atom. The summed E-state index contributed by atoms with van der Waals surface area (Å²) in [5.74, 6) is 0. The van der Waals surface area contributed by atoms with Crippen LogP contribution in [0.2, 0.25) is 0 Å². The smallest absolute Gasteiger partial charge is 0.137 e. The molecule has 4 heteroatoms. The van der Waals surface area contributed by atoms with Crippen LogP contribution in [0.3, 0.4) is 0 Å². The lowest BCUT2D eigenvalue weighted by Crippen LogP contribution is -2.02. The van der Waals surface area contributed by atoms with Gasteiger partial charge in [-0.15, -0.1) is 0 Å². The number of benzene rings is 2. The van der Waals surface area contributed by atoms with Crippen molar-refractivity contribution in [2.45, 2.75) is 13.5 Å². The van der Waals surface area contributed by atoms with E-state index in [-0.39, 0.29) is 0 Å². The first-order valence-electron chi connectivity index (χ1n) is 7.07. The van der Waals surface area contributed by atoms with Crippen LogP contribution in [0.15, 0.2) is 67.3 Å². The van der Waals surface area contributed by atoms with Crippen molar-refractivity contribution in [2.75, 3.05) is 0 Å². The van der Waals surface area contributed by atoms with E-state index in [1.54, 1.807) is 11.0 Å². The minimum absolute atomic E-state index is 0.580. The van der Waals surface area contributed by atoms with Gasteiger partial charge in [0.25, 0.3) is 0 Å². The van der Waals surface area contributed by atoms with Gasteiger partial charge in [-0.2, -0.15) is 5.10 Å². The Morgan fingerprint density at radius 2 is 1.73 bits per heavy atom. The standard InChI is InChI=1S/C18H16ClN3/c1-14-7-9-16(10-8-14)18(19)17(11-22-13-20-12-21-22)15-5-3-2-4-6-15/h2-10,12-13H,11H2,1H3/b18-17+. The van der Waals surface area contributed by atoms with Crippen LogP contribution in [-0.4, -0.2) is 14.8 Å². The molecule has 0 unspecified atom stereocenters. The van der Waals surface area contributed by atoms with E-state index in [0.717, 1.165) is 21.7 Å². The third-order valence-electron chi connectivity index (χ3n) is 3.48. The zero-order valence-electron chi connectivity index (χ0n) is 12.3. The second-order valence-electron chi connectivity index (χ2n) is 5.12. The molecule has 0 fully saturated rings. The van der Waals surface area contributed by atoms with E-state index < -0.39 is 0 Å². The monoisotopic (exact) mass is 309 g/mol. The van der Waals surface area contributed by atoms with Crippen LogP contribution in [0.4, 0.5) is 0 Å². The fraction of sp³-hybridized carbons (Fsp3) is 0.111. The molecule has 0 radical (unpaired) electrons. The summed E-state index contributed by atoms with van der Waals surface area (Å²) in [5, 5.41) is 4.92. The van der Waals surface area contributed by atoms with Gasteiger partial charge in [-0.1, -0.05) is 71.8 Å². The normalized spacial score (nSPS) is 12.1. The molecule has 1 heterocycles. The predicted molar refractivity (Wildman–Crippen MR) is 90.3 cm³/mol. The SMILES string of the molecule is Cc1ccc(/C(Cl)=C(/Cn2cncn2)c2ccccc2)cc1. The zero-order chi connectivity index (χ0) is 15.4. The van der Waals surface area contributed by atoms with Gasteiger partial charge in [0.15, 0.2) is 0 Å². The summed E-state index contributed by atoms with van der Waals surface area (Å²) in [5.41, 5.74) is 4.33.